The molecule has 0 fully saturated rings. The smallest absolute Gasteiger partial charge is 0.259 e. The Morgan fingerprint density at radius 2 is 1.75 bits per heavy atom. The van der Waals surface area contributed by atoms with E-state index in [1.54, 1.807) is 4.68 Å². The maximum atomic E-state index is 13.9. The molecule has 216 valence electrons. The van der Waals surface area contributed by atoms with Gasteiger partial charge in [0.05, 0.1) is 35.2 Å². The van der Waals surface area contributed by atoms with Gasteiger partial charge in [-0.15, -0.1) is 0 Å². The molecule has 5 heterocycles. The molecule has 0 spiro atoms. The van der Waals surface area contributed by atoms with E-state index >= 15 is 0 Å². The first kappa shape index (κ1) is 25.9. The number of rotatable bonds is 5. The summed E-state index contributed by atoms with van der Waals surface area (Å²) in [6.07, 6.45) is 5.64. The number of anilines is 3. The van der Waals surface area contributed by atoms with E-state index in [1.165, 1.54) is 0 Å². The van der Waals surface area contributed by atoms with E-state index in [-0.39, 0.29) is 5.91 Å². The first-order valence-corrected chi connectivity index (χ1v) is 14.4. The number of amides is 1. The summed E-state index contributed by atoms with van der Waals surface area (Å²) in [4.78, 5) is 28.6. The van der Waals surface area contributed by atoms with Crippen molar-refractivity contribution in [2.75, 3.05) is 10.2 Å². The van der Waals surface area contributed by atoms with Crippen molar-refractivity contribution in [1.29, 1.82) is 0 Å². The van der Waals surface area contributed by atoms with Gasteiger partial charge in [0.2, 0.25) is 5.95 Å². The molecule has 0 saturated heterocycles. The first-order valence-electron chi connectivity index (χ1n) is 14.4. The zero-order valence-electron chi connectivity index (χ0n) is 24.8. The molecule has 3 aromatic carbocycles. The summed E-state index contributed by atoms with van der Waals surface area (Å²) in [6.45, 7) is 4.47. The van der Waals surface area contributed by atoms with Crippen molar-refractivity contribution < 1.29 is 4.79 Å². The second-order valence-corrected chi connectivity index (χ2v) is 11.3. The molecule has 4 aromatic heterocycles. The summed E-state index contributed by atoms with van der Waals surface area (Å²) in [5.41, 5.74) is 10.4. The molecular formula is C34H29N9O. The van der Waals surface area contributed by atoms with E-state index in [9.17, 15) is 4.79 Å². The van der Waals surface area contributed by atoms with Crippen LogP contribution in [0.5, 0.6) is 0 Å². The number of para-hydroxylation sites is 1. The predicted molar refractivity (Wildman–Crippen MR) is 172 cm³/mol. The molecule has 1 aliphatic rings. The van der Waals surface area contributed by atoms with Crippen LogP contribution in [0.25, 0.3) is 44.2 Å². The lowest BCUT2D eigenvalue weighted by Gasteiger charge is -2.17. The molecule has 0 radical (unpaired) electrons. The van der Waals surface area contributed by atoms with Crippen LogP contribution in [0.2, 0.25) is 0 Å². The highest BCUT2D eigenvalue weighted by Crippen LogP contribution is 2.40. The number of aryl methyl sites for hydroxylation is 4. The standard InChI is InChI=1S/C34H29N9O/c1-19-15-36-34(38-30-13-20(2)41(3)40-30)39-31(19)26-17-35-32-24(26)8-6-10-28(32)43-18-27-23(7-5-9-25(27)33(43)44)21-11-12-22-16-37-42(4)29(22)14-21/h5-17,35H,18H2,1-4H3,(H,36,38,39,40). The van der Waals surface area contributed by atoms with Gasteiger partial charge < -0.3 is 15.2 Å². The Hall–Kier alpha value is -5.77. The molecule has 1 amide bonds. The monoisotopic (exact) mass is 579 g/mol. The van der Waals surface area contributed by atoms with E-state index in [1.807, 2.05) is 86.4 Å². The number of benzene rings is 3. The summed E-state index contributed by atoms with van der Waals surface area (Å²) >= 11 is 0. The minimum atomic E-state index is -0.0116. The van der Waals surface area contributed by atoms with Gasteiger partial charge in [0, 0.05) is 60.1 Å². The van der Waals surface area contributed by atoms with Crippen LogP contribution in [-0.4, -0.2) is 40.4 Å². The Morgan fingerprint density at radius 1 is 0.909 bits per heavy atom. The maximum absolute atomic E-state index is 13.9. The van der Waals surface area contributed by atoms with Gasteiger partial charge in [-0.2, -0.15) is 10.2 Å². The third-order valence-corrected chi connectivity index (χ3v) is 8.59. The van der Waals surface area contributed by atoms with Gasteiger partial charge in [-0.1, -0.05) is 36.4 Å². The van der Waals surface area contributed by atoms with Crippen molar-refractivity contribution in [2.45, 2.75) is 20.4 Å². The van der Waals surface area contributed by atoms with Crippen LogP contribution in [0.4, 0.5) is 17.5 Å². The normalized spacial score (nSPS) is 12.9. The Kier molecular flexibility index (Phi) is 5.67. The number of H-pyrrole nitrogens is 1. The minimum absolute atomic E-state index is 0.0116. The third kappa shape index (κ3) is 3.98. The zero-order valence-corrected chi connectivity index (χ0v) is 24.8. The predicted octanol–water partition coefficient (Wildman–Crippen LogP) is 6.43. The fourth-order valence-electron chi connectivity index (χ4n) is 6.18. The average Bonchev–Trinajstić information content (AvgIpc) is 3.79. The largest absolute Gasteiger partial charge is 0.359 e. The number of aromatic nitrogens is 7. The van der Waals surface area contributed by atoms with E-state index in [0.29, 0.717) is 18.3 Å². The molecular weight excluding hydrogens is 550 g/mol. The summed E-state index contributed by atoms with van der Waals surface area (Å²) in [7, 11) is 3.84. The van der Waals surface area contributed by atoms with Crippen molar-refractivity contribution >= 4 is 45.2 Å². The van der Waals surface area contributed by atoms with Gasteiger partial charge in [-0.25, -0.2) is 9.97 Å². The maximum Gasteiger partial charge on any atom is 0.259 e. The Morgan fingerprint density at radius 3 is 2.59 bits per heavy atom. The molecule has 7 aromatic rings. The van der Waals surface area contributed by atoms with Gasteiger partial charge in [-0.3, -0.25) is 14.2 Å². The summed E-state index contributed by atoms with van der Waals surface area (Å²) in [5.74, 6) is 1.14. The average molecular weight is 580 g/mol. The van der Waals surface area contributed by atoms with Crippen molar-refractivity contribution in [3.8, 4) is 22.4 Å². The fourth-order valence-corrected chi connectivity index (χ4v) is 6.18. The number of fused-ring (bicyclic) bond motifs is 3. The van der Waals surface area contributed by atoms with Crippen LogP contribution in [-0.2, 0) is 20.6 Å². The van der Waals surface area contributed by atoms with Crippen LogP contribution >= 0.6 is 0 Å². The number of carbonyl (C=O) groups is 1. The van der Waals surface area contributed by atoms with Crippen molar-refractivity contribution in [3.63, 3.8) is 0 Å². The number of nitrogens with one attached hydrogen (secondary N) is 2. The molecule has 0 bridgehead atoms. The molecule has 8 rings (SSSR count). The molecule has 1 aliphatic heterocycles. The number of hydrogen-bond acceptors (Lipinski definition) is 6. The second-order valence-electron chi connectivity index (χ2n) is 11.3. The lowest BCUT2D eigenvalue weighted by molar-refractivity contribution is 0.0997. The topological polar surface area (TPSA) is 110 Å². The summed E-state index contributed by atoms with van der Waals surface area (Å²) in [5, 5.41) is 14.1. The summed E-state index contributed by atoms with van der Waals surface area (Å²) in [6, 6.07) is 20.3. The van der Waals surface area contributed by atoms with E-state index in [4.69, 9.17) is 4.98 Å². The third-order valence-electron chi connectivity index (χ3n) is 8.59. The van der Waals surface area contributed by atoms with Crippen molar-refractivity contribution in [3.05, 3.63) is 102 Å². The Bertz CT molecular complexity index is 2250. The quantitative estimate of drug-likeness (QED) is 0.243. The molecule has 2 N–H and O–H groups in total. The van der Waals surface area contributed by atoms with E-state index in [0.717, 1.165) is 72.3 Å². The number of nitrogens with zero attached hydrogens (tertiary/aromatic N) is 7. The van der Waals surface area contributed by atoms with Crippen LogP contribution in [0.3, 0.4) is 0 Å². The van der Waals surface area contributed by atoms with Crippen LogP contribution in [0.1, 0.15) is 27.2 Å². The number of hydrogen-bond donors (Lipinski definition) is 2. The van der Waals surface area contributed by atoms with E-state index in [2.05, 4.69) is 55.8 Å². The highest BCUT2D eigenvalue weighted by molar-refractivity contribution is 6.15. The molecule has 0 aliphatic carbocycles. The highest BCUT2D eigenvalue weighted by atomic mass is 16.2. The zero-order chi connectivity index (χ0) is 30.1. The van der Waals surface area contributed by atoms with Gasteiger partial charge >= 0.3 is 0 Å². The van der Waals surface area contributed by atoms with Crippen molar-refractivity contribution in [1.82, 2.24) is 34.5 Å². The van der Waals surface area contributed by atoms with Gasteiger partial charge in [-0.05, 0) is 54.3 Å². The number of aromatic amines is 1. The molecule has 44 heavy (non-hydrogen) atoms. The minimum Gasteiger partial charge on any atom is -0.359 e. The Labute approximate surface area is 253 Å². The SMILES string of the molecule is Cc1cnc(Nc2cc(C)n(C)n2)nc1-c1c[nH]c2c(N3Cc4c(cccc4-c4ccc5cnn(C)c5c4)C3=O)cccc12. The summed E-state index contributed by atoms with van der Waals surface area (Å²) < 4.78 is 3.68. The van der Waals surface area contributed by atoms with Crippen LogP contribution < -0.4 is 10.2 Å². The van der Waals surface area contributed by atoms with E-state index < -0.39 is 0 Å². The molecule has 10 heteroatoms. The van der Waals surface area contributed by atoms with Gasteiger partial charge in [0.15, 0.2) is 5.82 Å². The Balaban J connectivity index is 1.16. The van der Waals surface area contributed by atoms with Gasteiger partial charge in [0.1, 0.15) is 0 Å². The van der Waals surface area contributed by atoms with Crippen LogP contribution in [0.15, 0.2) is 79.3 Å². The van der Waals surface area contributed by atoms with Crippen LogP contribution in [0, 0.1) is 13.8 Å². The highest BCUT2D eigenvalue weighted by Gasteiger charge is 2.32. The number of carbonyl (C=O) groups excluding carboxylic acids is 1. The van der Waals surface area contributed by atoms with Gasteiger partial charge in [0.25, 0.3) is 5.91 Å². The molecule has 0 unspecified atom stereocenters. The van der Waals surface area contributed by atoms with Crippen molar-refractivity contribution in [2.24, 2.45) is 14.1 Å². The molecule has 0 atom stereocenters. The lowest BCUT2D eigenvalue weighted by Crippen LogP contribution is -2.23. The second kappa shape index (κ2) is 9.63. The molecule has 10 nitrogen and oxygen atoms in total. The fraction of sp³-hybridized carbons (Fsp3) is 0.147. The lowest BCUT2D eigenvalue weighted by atomic mass is 9.96. The molecule has 0 saturated carbocycles. The first-order chi connectivity index (χ1) is 21.4.